The third-order valence-electron chi connectivity index (χ3n) is 5.21. The van der Waals surface area contributed by atoms with E-state index in [1.165, 1.54) is 43.8 Å². The predicted octanol–water partition coefficient (Wildman–Crippen LogP) is 6.06. The van der Waals surface area contributed by atoms with Crippen LogP contribution < -0.4 is 10.0 Å². The van der Waals surface area contributed by atoms with Crippen LogP contribution in [0.25, 0.3) is 15.7 Å². The van der Waals surface area contributed by atoms with E-state index in [0.29, 0.717) is 0 Å². The zero-order chi connectivity index (χ0) is 24.8. The van der Waals surface area contributed by atoms with Crippen molar-refractivity contribution in [3.63, 3.8) is 0 Å². The van der Waals surface area contributed by atoms with E-state index in [2.05, 4.69) is 4.85 Å². The first-order chi connectivity index (χ1) is 15.9. The van der Waals surface area contributed by atoms with E-state index in [1.807, 2.05) is 6.92 Å². The van der Waals surface area contributed by atoms with E-state index >= 15 is 4.39 Å². The van der Waals surface area contributed by atoms with Gasteiger partial charge in [0.2, 0.25) is 5.69 Å². The molecule has 1 aromatic heterocycles. The maximum Gasteiger partial charge on any atom is 0.268 e. The number of aromatic nitrogens is 1. The highest BCUT2D eigenvalue weighted by Gasteiger charge is 2.29. The number of halogens is 2. The fourth-order valence-electron chi connectivity index (χ4n) is 3.61. The minimum absolute atomic E-state index is 0.00491. The lowest BCUT2D eigenvalue weighted by Crippen LogP contribution is -2.14. The summed E-state index contributed by atoms with van der Waals surface area (Å²) in [6.45, 7) is 11.7. The molecule has 0 N–H and O–H groups in total. The molecule has 0 saturated heterocycles. The molecule has 0 atom stereocenters. The number of rotatable bonds is 5. The number of hydrogen-bond donors (Lipinski definition) is 0. The van der Waals surface area contributed by atoms with E-state index in [4.69, 9.17) is 11.3 Å². The Balaban J connectivity index is 1.94. The van der Waals surface area contributed by atoms with Crippen LogP contribution in [0.5, 0.6) is 11.5 Å². The maximum absolute atomic E-state index is 15.4. The Hall–Kier alpha value is -3.47. The average Bonchev–Trinajstić information content (AvgIpc) is 3.18. The molecule has 0 amide bonds. The van der Waals surface area contributed by atoms with Gasteiger partial charge >= 0.3 is 0 Å². The number of ether oxygens (including phenoxy) is 1. The maximum atomic E-state index is 15.4. The lowest BCUT2D eigenvalue weighted by molar-refractivity contribution is 0.446. The van der Waals surface area contributed by atoms with E-state index < -0.39 is 28.8 Å². The van der Waals surface area contributed by atoms with Crippen molar-refractivity contribution in [1.82, 2.24) is 3.97 Å². The minimum Gasteiger partial charge on any atom is -0.455 e. The monoisotopic (exact) mass is 500 g/mol. The molecule has 0 bridgehead atoms. The molecule has 0 aliphatic carbocycles. The topological polar surface area (TPSA) is 69.7 Å². The Bertz CT molecular complexity index is 1630. The number of nitrogens with zero attached hydrogens (tertiary/aromatic N) is 2. The van der Waals surface area contributed by atoms with Crippen molar-refractivity contribution in [2.75, 3.05) is 13.3 Å². The summed E-state index contributed by atoms with van der Waals surface area (Å²) >= 11 is 0. The van der Waals surface area contributed by atoms with Crippen LogP contribution >= 0.6 is 7.14 Å². The van der Waals surface area contributed by atoms with Crippen molar-refractivity contribution in [3.05, 3.63) is 89.4 Å². The highest BCUT2D eigenvalue weighted by molar-refractivity contribution is 7.90. The molecule has 6 nitrogen and oxygen atoms in total. The predicted molar refractivity (Wildman–Crippen MR) is 127 cm³/mol. The van der Waals surface area contributed by atoms with Crippen LogP contribution in [0.3, 0.4) is 0 Å². The van der Waals surface area contributed by atoms with Gasteiger partial charge in [-0.05, 0) is 56.7 Å². The molecule has 0 spiro atoms. The molecule has 174 valence electrons. The van der Waals surface area contributed by atoms with Crippen molar-refractivity contribution in [2.24, 2.45) is 0 Å². The van der Waals surface area contributed by atoms with Gasteiger partial charge in [0.05, 0.1) is 22.3 Å². The Morgan fingerprint density at radius 2 is 1.68 bits per heavy atom. The number of benzene rings is 3. The van der Waals surface area contributed by atoms with Gasteiger partial charge in [-0.25, -0.2) is 26.0 Å². The SMILES string of the molecule is [C-]#[N+]c1cc(Oc2c(F)cc3c(ccn3S(=O)(=O)c3ccc(C)cc3)c2P(C)(C)=O)ccc1F. The Morgan fingerprint density at radius 1 is 1.00 bits per heavy atom. The summed E-state index contributed by atoms with van der Waals surface area (Å²) in [6.07, 6.45) is 1.28. The van der Waals surface area contributed by atoms with Gasteiger partial charge in [-0.15, -0.1) is 0 Å². The van der Waals surface area contributed by atoms with Crippen molar-refractivity contribution < 1.29 is 26.5 Å². The standard InChI is InChI=1S/C24H19F2N2O4PS/c1-15-5-8-17(9-6-15)34(30,31)28-12-11-18-22(28)14-20(26)23(24(18)33(3,4)29)32-16-7-10-19(25)21(13-16)27-2/h5-14H,1,3-4H3. The zero-order valence-corrected chi connectivity index (χ0v) is 20.1. The van der Waals surface area contributed by atoms with Crippen molar-refractivity contribution in [3.8, 4) is 11.5 Å². The lowest BCUT2D eigenvalue weighted by atomic mass is 10.2. The summed E-state index contributed by atoms with van der Waals surface area (Å²) < 4.78 is 75.4. The van der Waals surface area contributed by atoms with Crippen molar-refractivity contribution >= 4 is 39.1 Å². The molecule has 0 saturated carbocycles. The quantitative estimate of drug-likeness (QED) is 0.247. The Kier molecular flexibility index (Phi) is 5.84. The van der Waals surface area contributed by atoms with Gasteiger partial charge in [-0.2, -0.15) is 0 Å². The molecule has 0 aliphatic rings. The third-order valence-corrected chi connectivity index (χ3v) is 8.44. The molecule has 34 heavy (non-hydrogen) atoms. The minimum atomic E-state index is -4.06. The molecule has 0 aliphatic heterocycles. The fraction of sp³-hybridized carbons (Fsp3) is 0.125. The second-order valence-corrected chi connectivity index (χ2v) is 13.0. The van der Waals surface area contributed by atoms with Gasteiger partial charge in [0.25, 0.3) is 10.0 Å². The van der Waals surface area contributed by atoms with Gasteiger partial charge in [0.15, 0.2) is 11.6 Å². The third kappa shape index (κ3) is 4.11. The molecular formula is C24H19F2N2O4PS. The largest absolute Gasteiger partial charge is 0.455 e. The van der Waals surface area contributed by atoms with Crippen molar-refractivity contribution in [2.45, 2.75) is 11.8 Å². The van der Waals surface area contributed by atoms with Crippen LogP contribution in [0.1, 0.15) is 5.56 Å². The van der Waals surface area contributed by atoms with Crippen LogP contribution in [-0.4, -0.2) is 25.7 Å². The Morgan fingerprint density at radius 3 is 2.29 bits per heavy atom. The second kappa shape index (κ2) is 8.39. The van der Waals surface area contributed by atoms with Crippen LogP contribution in [0.15, 0.2) is 65.7 Å². The summed E-state index contributed by atoms with van der Waals surface area (Å²) in [5.41, 5.74) is 0.573. The normalized spacial score (nSPS) is 12.0. The van der Waals surface area contributed by atoms with Gasteiger partial charge in [-0.3, -0.25) is 0 Å². The number of fused-ring (bicyclic) bond motifs is 1. The molecule has 4 rings (SSSR count). The second-order valence-electron chi connectivity index (χ2n) is 8.08. The van der Waals surface area contributed by atoms with Crippen LogP contribution in [-0.2, 0) is 14.6 Å². The molecule has 10 heteroatoms. The molecule has 1 heterocycles. The fourth-order valence-corrected chi connectivity index (χ4v) is 6.36. The summed E-state index contributed by atoms with van der Waals surface area (Å²) in [5.74, 6) is -2.09. The average molecular weight is 500 g/mol. The molecule has 0 unspecified atom stereocenters. The highest BCUT2D eigenvalue weighted by Crippen LogP contribution is 2.45. The van der Waals surface area contributed by atoms with E-state index in [9.17, 15) is 17.4 Å². The van der Waals surface area contributed by atoms with Crippen LogP contribution in [0, 0.1) is 25.1 Å². The molecule has 0 radical (unpaired) electrons. The highest BCUT2D eigenvalue weighted by atomic mass is 32.2. The van der Waals surface area contributed by atoms with Crippen LogP contribution in [0.2, 0.25) is 0 Å². The van der Waals surface area contributed by atoms with Crippen molar-refractivity contribution in [1.29, 1.82) is 0 Å². The van der Waals surface area contributed by atoms with E-state index in [0.717, 1.165) is 27.7 Å². The van der Waals surface area contributed by atoms with Gasteiger partial charge in [-0.1, -0.05) is 17.7 Å². The number of hydrogen-bond acceptors (Lipinski definition) is 4. The zero-order valence-electron chi connectivity index (χ0n) is 18.4. The van der Waals surface area contributed by atoms with Gasteiger partial charge in [0.1, 0.15) is 18.7 Å². The van der Waals surface area contributed by atoms with Gasteiger partial charge < -0.3 is 9.30 Å². The molecule has 4 aromatic rings. The van der Waals surface area contributed by atoms with E-state index in [-0.39, 0.29) is 38.3 Å². The van der Waals surface area contributed by atoms with Gasteiger partial charge in [0, 0.05) is 17.6 Å². The summed E-state index contributed by atoms with van der Waals surface area (Å²) in [5, 5.41) is 0.252. The Labute approximate surface area is 195 Å². The summed E-state index contributed by atoms with van der Waals surface area (Å²) in [6, 6.07) is 12.0. The summed E-state index contributed by atoms with van der Waals surface area (Å²) in [7, 11) is -7.28. The summed E-state index contributed by atoms with van der Waals surface area (Å²) in [4.78, 5) is 3.08. The first-order valence-electron chi connectivity index (χ1n) is 9.99. The van der Waals surface area contributed by atoms with E-state index in [1.54, 1.807) is 12.1 Å². The smallest absolute Gasteiger partial charge is 0.268 e. The molecule has 3 aromatic carbocycles. The lowest BCUT2D eigenvalue weighted by Gasteiger charge is -2.17. The molecule has 0 fully saturated rings. The molecular weight excluding hydrogens is 481 g/mol. The number of aryl methyl sites for hydroxylation is 1. The van der Waals surface area contributed by atoms with Crippen LogP contribution in [0.4, 0.5) is 14.5 Å². The first-order valence-corrected chi connectivity index (χ1v) is 14.0. The first kappa shape index (κ1) is 23.7.